The topological polar surface area (TPSA) is 64.6 Å². The average molecular weight is 285 g/mol. The molecule has 0 bridgehead atoms. The molecule has 0 radical (unpaired) electrons. The van der Waals surface area contributed by atoms with Crippen molar-refractivity contribution in [3.63, 3.8) is 0 Å². The van der Waals surface area contributed by atoms with Crippen LogP contribution in [0.1, 0.15) is 6.92 Å². The molecule has 0 aromatic heterocycles. The number of hydrogen-bond donors (Lipinski definition) is 1. The number of amides is 1. The van der Waals surface area contributed by atoms with Gasteiger partial charge >= 0.3 is 12.6 Å². The second kappa shape index (κ2) is 7.88. The predicted octanol–water partition coefficient (Wildman–Crippen LogP) is 2.35. The van der Waals surface area contributed by atoms with Crippen LogP contribution in [0.25, 0.3) is 0 Å². The Hall–Kier alpha value is -2.44. The minimum Gasteiger partial charge on any atom is -0.452 e. The first-order valence-corrected chi connectivity index (χ1v) is 5.65. The van der Waals surface area contributed by atoms with Gasteiger partial charge in [0.2, 0.25) is 0 Å². The molecule has 1 N–H and O–H groups in total. The molecule has 0 aliphatic heterocycles. The van der Waals surface area contributed by atoms with Crippen molar-refractivity contribution in [1.82, 2.24) is 0 Å². The molecule has 0 atom stereocenters. The molecule has 5 nitrogen and oxygen atoms in total. The van der Waals surface area contributed by atoms with E-state index in [2.05, 4.69) is 14.8 Å². The molecule has 1 rings (SSSR count). The molecule has 0 saturated carbocycles. The van der Waals surface area contributed by atoms with Crippen molar-refractivity contribution in [1.29, 1.82) is 0 Å². The summed E-state index contributed by atoms with van der Waals surface area (Å²) in [7, 11) is 0. The second-order valence-corrected chi connectivity index (χ2v) is 3.56. The lowest BCUT2D eigenvalue weighted by atomic mass is 10.3. The fourth-order valence-electron chi connectivity index (χ4n) is 1.24. The van der Waals surface area contributed by atoms with Crippen LogP contribution in [0.3, 0.4) is 0 Å². The molecule has 20 heavy (non-hydrogen) atoms. The van der Waals surface area contributed by atoms with Crippen LogP contribution < -0.4 is 10.1 Å². The van der Waals surface area contributed by atoms with Crippen LogP contribution in [-0.4, -0.2) is 25.1 Å². The summed E-state index contributed by atoms with van der Waals surface area (Å²) in [5, 5.41) is 2.44. The average Bonchev–Trinajstić information content (AvgIpc) is 2.38. The summed E-state index contributed by atoms with van der Waals surface area (Å²) in [6.07, 6.45) is 2.67. The number of anilines is 1. The number of rotatable bonds is 6. The maximum absolute atomic E-state index is 11.9. The van der Waals surface area contributed by atoms with Crippen molar-refractivity contribution in [2.75, 3.05) is 11.9 Å². The van der Waals surface area contributed by atoms with Crippen LogP contribution >= 0.6 is 0 Å². The van der Waals surface area contributed by atoms with E-state index >= 15 is 0 Å². The Morgan fingerprint density at radius 3 is 2.50 bits per heavy atom. The van der Waals surface area contributed by atoms with Gasteiger partial charge in [0.05, 0.1) is 0 Å². The van der Waals surface area contributed by atoms with Crippen molar-refractivity contribution < 1.29 is 27.8 Å². The van der Waals surface area contributed by atoms with Gasteiger partial charge in [-0.1, -0.05) is 6.08 Å². The molecule has 108 valence electrons. The number of nitrogens with one attached hydrogen (secondary N) is 1. The highest BCUT2D eigenvalue weighted by molar-refractivity contribution is 5.93. The molecule has 0 aliphatic carbocycles. The Labute approximate surface area is 114 Å². The van der Waals surface area contributed by atoms with Gasteiger partial charge in [0, 0.05) is 11.8 Å². The number of carbonyl (C=O) groups excluding carboxylic acids is 2. The van der Waals surface area contributed by atoms with Crippen LogP contribution in [-0.2, 0) is 14.3 Å². The number of benzene rings is 1. The van der Waals surface area contributed by atoms with Crippen LogP contribution in [0.4, 0.5) is 14.5 Å². The van der Waals surface area contributed by atoms with Crippen molar-refractivity contribution in [2.45, 2.75) is 13.5 Å². The number of carbonyl (C=O) groups is 2. The Kier molecular flexibility index (Phi) is 6.15. The van der Waals surface area contributed by atoms with Gasteiger partial charge in [0.25, 0.3) is 5.91 Å². The zero-order valence-electron chi connectivity index (χ0n) is 10.6. The Balaban J connectivity index is 2.44. The lowest BCUT2D eigenvalue weighted by molar-refractivity contribution is -0.142. The highest BCUT2D eigenvalue weighted by atomic mass is 19.3. The highest BCUT2D eigenvalue weighted by Crippen LogP contribution is 2.17. The standard InChI is InChI=1S/C13H13F2NO4/c1-2-3-12(18)19-8-11(17)16-9-4-6-10(7-5-9)20-13(14)15/h2-7,13H,8H2,1H3,(H,16,17)/b3-2+. The van der Waals surface area contributed by atoms with Gasteiger partial charge in [0.1, 0.15) is 5.75 Å². The Morgan fingerprint density at radius 1 is 1.30 bits per heavy atom. The summed E-state index contributed by atoms with van der Waals surface area (Å²) in [5.41, 5.74) is 0.374. The molecule has 1 aromatic rings. The Bertz CT molecular complexity index is 486. The minimum atomic E-state index is -2.90. The molecule has 7 heteroatoms. The van der Waals surface area contributed by atoms with Gasteiger partial charge in [0.15, 0.2) is 6.61 Å². The molecule has 1 amide bonds. The van der Waals surface area contributed by atoms with E-state index < -0.39 is 25.1 Å². The molecular formula is C13H13F2NO4. The quantitative estimate of drug-likeness (QED) is 0.643. The zero-order valence-corrected chi connectivity index (χ0v) is 10.6. The number of halogens is 2. The summed E-state index contributed by atoms with van der Waals surface area (Å²) < 4.78 is 32.6. The van der Waals surface area contributed by atoms with Gasteiger partial charge in [-0.25, -0.2) is 4.79 Å². The summed E-state index contributed by atoms with van der Waals surface area (Å²) in [6, 6.07) is 5.36. The summed E-state index contributed by atoms with van der Waals surface area (Å²) in [6.45, 7) is -1.69. The molecule has 0 unspecified atom stereocenters. The maximum Gasteiger partial charge on any atom is 0.387 e. The fourth-order valence-corrected chi connectivity index (χ4v) is 1.24. The van der Waals surface area contributed by atoms with Crippen LogP contribution in [0, 0.1) is 0 Å². The smallest absolute Gasteiger partial charge is 0.387 e. The number of esters is 1. The van der Waals surface area contributed by atoms with E-state index in [9.17, 15) is 18.4 Å². The van der Waals surface area contributed by atoms with Gasteiger partial charge in [-0.15, -0.1) is 0 Å². The maximum atomic E-state index is 11.9. The van der Waals surface area contributed by atoms with Gasteiger partial charge in [-0.05, 0) is 31.2 Å². The number of allylic oxidation sites excluding steroid dienone is 1. The van der Waals surface area contributed by atoms with E-state index in [0.717, 1.165) is 0 Å². The first kappa shape index (κ1) is 15.6. The number of ether oxygens (including phenoxy) is 2. The third kappa shape index (κ3) is 5.94. The highest BCUT2D eigenvalue weighted by Gasteiger charge is 2.07. The van der Waals surface area contributed by atoms with Crippen molar-refractivity contribution in [2.24, 2.45) is 0 Å². The van der Waals surface area contributed by atoms with E-state index in [1.807, 2.05) is 0 Å². The minimum absolute atomic E-state index is 0.0162. The summed E-state index contributed by atoms with van der Waals surface area (Å²) >= 11 is 0. The largest absolute Gasteiger partial charge is 0.452 e. The third-order valence-electron chi connectivity index (χ3n) is 2.01. The van der Waals surface area contributed by atoms with Crippen LogP contribution in [0.2, 0.25) is 0 Å². The Morgan fingerprint density at radius 2 is 1.95 bits per heavy atom. The van der Waals surface area contributed by atoms with E-state index in [0.29, 0.717) is 5.69 Å². The lowest BCUT2D eigenvalue weighted by Gasteiger charge is -2.07. The van der Waals surface area contributed by atoms with Crippen LogP contribution in [0.15, 0.2) is 36.4 Å². The molecule has 0 saturated heterocycles. The molecular weight excluding hydrogens is 272 g/mol. The molecule has 0 heterocycles. The van der Waals surface area contributed by atoms with E-state index in [-0.39, 0.29) is 5.75 Å². The third-order valence-corrected chi connectivity index (χ3v) is 2.01. The van der Waals surface area contributed by atoms with E-state index in [1.165, 1.54) is 36.4 Å². The normalized spacial score (nSPS) is 10.6. The van der Waals surface area contributed by atoms with Crippen molar-refractivity contribution in [3.05, 3.63) is 36.4 Å². The predicted molar refractivity (Wildman–Crippen MR) is 67.5 cm³/mol. The molecule has 0 spiro atoms. The molecule has 0 fully saturated rings. The first-order chi connectivity index (χ1) is 9.51. The zero-order chi connectivity index (χ0) is 15.0. The SMILES string of the molecule is C/C=C/C(=O)OCC(=O)Nc1ccc(OC(F)F)cc1. The van der Waals surface area contributed by atoms with Gasteiger partial charge in [-0.2, -0.15) is 8.78 Å². The second-order valence-electron chi connectivity index (χ2n) is 3.56. The van der Waals surface area contributed by atoms with E-state index in [4.69, 9.17) is 0 Å². The first-order valence-electron chi connectivity index (χ1n) is 5.65. The molecule has 0 aliphatic rings. The van der Waals surface area contributed by atoms with Crippen LogP contribution in [0.5, 0.6) is 5.75 Å². The number of hydrogen-bond acceptors (Lipinski definition) is 4. The number of alkyl halides is 2. The lowest BCUT2D eigenvalue weighted by Crippen LogP contribution is -2.20. The monoisotopic (exact) mass is 285 g/mol. The van der Waals surface area contributed by atoms with E-state index in [1.54, 1.807) is 6.92 Å². The van der Waals surface area contributed by atoms with Crippen molar-refractivity contribution >= 4 is 17.6 Å². The van der Waals surface area contributed by atoms with Gasteiger partial charge < -0.3 is 14.8 Å². The van der Waals surface area contributed by atoms with Crippen molar-refractivity contribution in [3.8, 4) is 5.75 Å². The summed E-state index contributed by atoms with van der Waals surface area (Å²) in [4.78, 5) is 22.4. The van der Waals surface area contributed by atoms with Gasteiger partial charge in [-0.3, -0.25) is 4.79 Å². The summed E-state index contributed by atoms with van der Waals surface area (Å²) in [5.74, 6) is -1.17. The molecule has 1 aromatic carbocycles. The fraction of sp³-hybridized carbons (Fsp3) is 0.231.